The van der Waals surface area contributed by atoms with E-state index in [9.17, 15) is 22.4 Å². The molecule has 2 aromatic heterocycles. The fourth-order valence-corrected chi connectivity index (χ4v) is 6.23. The Morgan fingerprint density at radius 3 is 2.34 bits per heavy atom. The van der Waals surface area contributed by atoms with Crippen LogP contribution in [0, 0.1) is 5.82 Å². The molecule has 3 heterocycles. The third-order valence-electron chi connectivity index (χ3n) is 8.71. The smallest absolute Gasteiger partial charge is 0.451 e. The fourth-order valence-electron chi connectivity index (χ4n) is 6.23. The molecule has 1 N–H and O–H groups in total. The van der Waals surface area contributed by atoms with Gasteiger partial charge in [-0.2, -0.15) is 13.2 Å². The Morgan fingerprint density at radius 2 is 1.72 bits per heavy atom. The molecule has 2 aliphatic rings. The number of ether oxygens (including phenoxy) is 2. The molecule has 47 heavy (non-hydrogen) atoms. The summed E-state index contributed by atoms with van der Waals surface area (Å²) in [6.07, 6.45) is 2.46. The van der Waals surface area contributed by atoms with Gasteiger partial charge in [-0.05, 0) is 82.3 Å². The van der Waals surface area contributed by atoms with Gasteiger partial charge in [0, 0.05) is 48.3 Å². The number of piperidine rings is 1. The van der Waals surface area contributed by atoms with Crippen molar-refractivity contribution in [1.29, 1.82) is 0 Å². The highest BCUT2D eigenvalue weighted by Crippen LogP contribution is 2.46. The Kier molecular flexibility index (Phi) is 8.43. The fraction of sp³-hybridized carbons (Fsp3) is 0.441. The minimum Gasteiger partial charge on any atom is -0.488 e. The van der Waals surface area contributed by atoms with Gasteiger partial charge in [-0.3, -0.25) is 0 Å². The highest BCUT2D eigenvalue weighted by molar-refractivity contribution is 5.96. The van der Waals surface area contributed by atoms with E-state index in [1.807, 2.05) is 37.8 Å². The molecule has 1 aliphatic carbocycles. The number of carbonyl (C=O) groups is 1. The number of nitrogens with one attached hydrogen (secondary N) is 1. The third kappa shape index (κ3) is 6.93. The van der Waals surface area contributed by atoms with E-state index in [1.165, 1.54) is 18.5 Å². The average molecular weight is 653 g/mol. The van der Waals surface area contributed by atoms with Crippen molar-refractivity contribution in [3.05, 3.63) is 72.3 Å². The van der Waals surface area contributed by atoms with Crippen molar-refractivity contribution >= 4 is 22.8 Å². The Morgan fingerprint density at radius 1 is 1.02 bits per heavy atom. The summed E-state index contributed by atoms with van der Waals surface area (Å²) in [5, 5.41) is 3.87. The summed E-state index contributed by atoms with van der Waals surface area (Å²) in [4.78, 5) is 31.0. The first-order valence-electron chi connectivity index (χ1n) is 15.6. The van der Waals surface area contributed by atoms with Gasteiger partial charge in [0.2, 0.25) is 5.82 Å². The Labute approximate surface area is 269 Å². The lowest BCUT2D eigenvalue weighted by Gasteiger charge is -2.54. The number of rotatable bonds is 6. The van der Waals surface area contributed by atoms with Crippen LogP contribution in [0.3, 0.4) is 0 Å². The molecule has 0 radical (unpaired) electrons. The number of hydrogen-bond acceptors (Lipinski definition) is 8. The van der Waals surface area contributed by atoms with Crippen LogP contribution in [0.5, 0.6) is 5.75 Å². The van der Waals surface area contributed by atoms with Crippen LogP contribution in [0.1, 0.15) is 77.2 Å². The van der Waals surface area contributed by atoms with E-state index >= 15 is 0 Å². The molecule has 2 atom stereocenters. The summed E-state index contributed by atoms with van der Waals surface area (Å²) in [7, 11) is 0. The molecule has 1 amide bonds. The number of amides is 1. The molecule has 1 aliphatic heterocycles. The van der Waals surface area contributed by atoms with E-state index in [0.29, 0.717) is 47.4 Å². The molecule has 1 saturated carbocycles. The second-order valence-electron chi connectivity index (χ2n) is 13.2. The maximum atomic E-state index is 13.8. The minimum atomic E-state index is -4.64. The van der Waals surface area contributed by atoms with Crippen molar-refractivity contribution in [3.8, 4) is 16.9 Å². The normalized spacial score (nSPS) is 18.5. The van der Waals surface area contributed by atoms with Crippen molar-refractivity contribution in [2.45, 2.75) is 89.3 Å². The zero-order valence-corrected chi connectivity index (χ0v) is 26.6. The maximum Gasteiger partial charge on any atom is 0.451 e. The van der Waals surface area contributed by atoms with Gasteiger partial charge in [0.1, 0.15) is 40.9 Å². The topological polar surface area (TPSA) is 102 Å². The van der Waals surface area contributed by atoms with E-state index in [0.717, 1.165) is 42.8 Å². The largest absolute Gasteiger partial charge is 0.488 e. The molecule has 0 bridgehead atoms. The molecule has 9 nitrogen and oxygen atoms in total. The predicted molar refractivity (Wildman–Crippen MR) is 167 cm³/mol. The second-order valence-corrected chi connectivity index (χ2v) is 13.2. The number of likely N-dealkylation sites (tertiary alicyclic amines) is 1. The molecular weight excluding hydrogens is 616 g/mol. The molecule has 248 valence electrons. The summed E-state index contributed by atoms with van der Waals surface area (Å²) >= 11 is 0. The average Bonchev–Trinajstić information content (AvgIpc) is 2.99. The molecule has 1 spiro atoms. The standard InChI is InChI=1S/C34H36F4N6O3/c1-20(23-17-39-30(40-18-23)34(36,37)38)43-29-26-14-22(21-6-8-24(35)9-7-21)15-27(28(26)41-19-42-29)46-25-10-13-44(31(45)47-32(2,3)4)33(16-25)11-5-12-33/h6-9,14-15,17-20,25H,5,10-13,16H2,1-4H3,(H,41,42,43). The monoisotopic (exact) mass is 652 g/mol. The van der Waals surface area contributed by atoms with Gasteiger partial charge in [0.25, 0.3) is 0 Å². The van der Waals surface area contributed by atoms with Crippen molar-refractivity contribution in [3.63, 3.8) is 0 Å². The van der Waals surface area contributed by atoms with Crippen molar-refractivity contribution in [1.82, 2.24) is 24.8 Å². The number of benzene rings is 2. The highest BCUT2D eigenvalue weighted by atomic mass is 19.4. The first-order valence-corrected chi connectivity index (χ1v) is 15.6. The molecule has 2 unspecified atom stereocenters. The van der Waals surface area contributed by atoms with Crippen molar-refractivity contribution in [2.75, 3.05) is 11.9 Å². The number of hydrogen-bond donors (Lipinski definition) is 1. The number of aromatic nitrogens is 4. The van der Waals surface area contributed by atoms with Crippen molar-refractivity contribution in [2.24, 2.45) is 0 Å². The van der Waals surface area contributed by atoms with Gasteiger partial charge in [-0.1, -0.05) is 12.1 Å². The quantitative estimate of drug-likeness (QED) is 0.209. The van der Waals surface area contributed by atoms with Crippen LogP contribution in [0.2, 0.25) is 0 Å². The van der Waals surface area contributed by atoms with Crippen LogP contribution < -0.4 is 10.1 Å². The lowest BCUT2D eigenvalue weighted by atomic mass is 9.69. The van der Waals surface area contributed by atoms with Crippen LogP contribution in [-0.2, 0) is 10.9 Å². The minimum absolute atomic E-state index is 0.213. The Balaban J connectivity index is 1.32. The zero-order chi connectivity index (χ0) is 33.6. The summed E-state index contributed by atoms with van der Waals surface area (Å²) in [6, 6.07) is 9.31. The van der Waals surface area contributed by atoms with Gasteiger partial charge in [0.15, 0.2) is 0 Å². The SMILES string of the molecule is CC(Nc1ncnc2c(OC3CCN(C(=O)OC(C)(C)C)C4(CCC4)C3)cc(-c3ccc(F)cc3)cc12)c1cnc(C(F)(F)F)nc1. The highest BCUT2D eigenvalue weighted by Gasteiger charge is 2.50. The van der Waals surface area contributed by atoms with Gasteiger partial charge < -0.3 is 19.7 Å². The molecule has 2 aromatic carbocycles. The van der Waals surface area contributed by atoms with Crippen LogP contribution in [0.25, 0.3) is 22.0 Å². The van der Waals surface area contributed by atoms with E-state index in [4.69, 9.17) is 9.47 Å². The Hall–Kier alpha value is -4.55. The molecule has 1 saturated heterocycles. The summed E-state index contributed by atoms with van der Waals surface area (Å²) < 4.78 is 65.3. The van der Waals surface area contributed by atoms with Gasteiger partial charge in [0.05, 0.1) is 6.04 Å². The lowest BCUT2D eigenvalue weighted by Crippen LogP contribution is -2.62. The van der Waals surface area contributed by atoms with Crippen LogP contribution in [0.15, 0.2) is 55.1 Å². The molecule has 2 fully saturated rings. The zero-order valence-electron chi connectivity index (χ0n) is 26.6. The van der Waals surface area contributed by atoms with Gasteiger partial charge in [-0.15, -0.1) is 0 Å². The number of alkyl halides is 3. The number of halogens is 4. The third-order valence-corrected chi connectivity index (χ3v) is 8.71. The maximum absolute atomic E-state index is 13.8. The van der Waals surface area contributed by atoms with E-state index in [1.54, 1.807) is 19.1 Å². The molecule has 4 aromatic rings. The van der Waals surface area contributed by atoms with Gasteiger partial charge in [-0.25, -0.2) is 29.1 Å². The second kappa shape index (κ2) is 12.2. The van der Waals surface area contributed by atoms with E-state index in [2.05, 4.69) is 25.3 Å². The summed E-state index contributed by atoms with van der Waals surface area (Å²) in [5.74, 6) is -0.659. The predicted octanol–water partition coefficient (Wildman–Crippen LogP) is 8.12. The first-order chi connectivity index (χ1) is 22.2. The molecule has 13 heteroatoms. The number of fused-ring (bicyclic) bond motifs is 1. The van der Waals surface area contributed by atoms with Crippen LogP contribution in [0.4, 0.5) is 28.2 Å². The first kappa shape index (κ1) is 32.4. The summed E-state index contributed by atoms with van der Waals surface area (Å²) in [6.45, 7) is 7.82. The van der Waals surface area contributed by atoms with Gasteiger partial charge >= 0.3 is 12.3 Å². The molecular formula is C34H36F4N6O3. The summed E-state index contributed by atoms with van der Waals surface area (Å²) in [5.41, 5.74) is 1.50. The lowest BCUT2D eigenvalue weighted by molar-refractivity contribution is -0.145. The van der Waals surface area contributed by atoms with Crippen molar-refractivity contribution < 1.29 is 31.8 Å². The van der Waals surface area contributed by atoms with Crippen LogP contribution >= 0.6 is 0 Å². The van der Waals surface area contributed by atoms with E-state index < -0.39 is 23.6 Å². The van der Waals surface area contributed by atoms with E-state index in [-0.39, 0.29) is 23.6 Å². The number of anilines is 1. The number of carbonyl (C=O) groups excluding carboxylic acids is 1. The Bertz CT molecular complexity index is 1760. The number of nitrogens with zero attached hydrogens (tertiary/aromatic N) is 5. The van der Waals surface area contributed by atoms with Crippen LogP contribution in [-0.4, -0.2) is 54.7 Å². The molecule has 6 rings (SSSR count).